The summed E-state index contributed by atoms with van der Waals surface area (Å²) in [5, 5.41) is 5.79. The van der Waals surface area contributed by atoms with E-state index in [1.807, 2.05) is 17.5 Å². The van der Waals surface area contributed by atoms with Crippen molar-refractivity contribution in [1.29, 1.82) is 0 Å². The van der Waals surface area contributed by atoms with Crippen LogP contribution in [0.2, 0.25) is 0 Å². The molecule has 2 rings (SSSR count). The van der Waals surface area contributed by atoms with E-state index in [-0.39, 0.29) is 11.3 Å². The molecule has 6 heteroatoms. The molecule has 0 unspecified atom stereocenters. The molecular weight excluding hydrogens is 336 g/mol. The maximum absolute atomic E-state index is 12.0. The number of benzene rings is 1. The molecule has 0 saturated heterocycles. The molecule has 0 atom stereocenters. The van der Waals surface area contributed by atoms with Gasteiger partial charge in [-0.25, -0.2) is 4.98 Å². The molecule has 0 spiro atoms. The van der Waals surface area contributed by atoms with Crippen molar-refractivity contribution in [2.75, 3.05) is 14.2 Å². The maximum Gasteiger partial charge on any atom is 0.244 e. The van der Waals surface area contributed by atoms with Crippen molar-refractivity contribution in [2.24, 2.45) is 0 Å². The molecule has 0 bridgehead atoms. The van der Waals surface area contributed by atoms with Crippen LogP contribution < -0.4 is 14.8 Å². The van der Waals surface area contributed by atoms with Crippen molar-refractivity contribution in [3.8, 4) is 11.5 Å². The second kappa shape index (κ2) is 8.16. The summed E-state index contributed by atoms with van der Waals surface area (Å²) >= 11 is 1.56. The summed E-state index contributed by atoms with van der Waals surface area (Å²) in [7, 11) is 3.18. The van der Waals surface area contributed by atoms with Crippen LogP contribution in [0.3, 0.4) is 0 Å². The lowest BCUT2D eigenvalue weighted by Gasteiger charge is -2.14. The number of rotatable bonds is 6. The summed E-state index contributed by atoms with van der Waals surface area (Å²) in [6.45, 7) is 6.78. The predicted molar refractivity (Wildman–Crippen MR) is 101 cm³/mol. The molecule has 25 heavy (non-hydrogen) atoms. The minimum atomic E-state index is -0.176. The van der Waals surface area contributed by atoms with Crippen molar-refractivity contribution >= 4 is 23.3 Å². The van der Waals surface area contributed by atoms with Crippen LogP contribution in [0.15, 0.2) is 29.7 Å². The molecule has 2 aromatic rings. The Balaban J connectivity index is 1.96. The van der Waals surface area contributed by atoms with Crippen LogP contribution in [0.4, 0.5) is 0 Å². The summed E-state index contributed by atoms with van der Waals surface area (Å²) in [5.74, 6) is 1.18. The highest BCUT2D eigenvalue weighted by Crippen LogP contribution is 2.26. The molecule has 1 aromatic heterocycles. The Morgan fingerprint density at radius 1 is 1.28 bits per heavy atom. The van der Waals surface area contributed by atoms with Gasteiger partial charge in [-0.1, -0.05) is 20.8 Å². The van der Waals surface area contributed by atoms with E-state index in [1.54, 1.807) is 37.7 Å². The highest BCUT2D eigenvalue weighted by atomic mass is 32.1. The first-order chi connectivity index (χ1) is 11.8. The van der Waals surface area contributed by atoms with Crippen LogP contribution in [0.25, 0.3) is 6.08 Å². The van der Waals surface area contributed by atoms with Crippen LogP contribution in [0, 0.1) is 0 Å². The standard InChI is InChI=1S/C19H24N2O3S/c1-19(2,3)16-12-25-18(21-16)11-20-17(22)9-7-13-6-8-14(23-4)10-15(13)24-5/h6-10,12H,11H2,1-5H3,(H,20,22)/b9-7+. The van der Waals surface area contributed by atoms with Crippen molar-refractivity contribution in [2.45, 2.75) is 32.7 Å². The zero-order valence-electron chi connectivity index (χ0n) is 15.3. The third-order valence-corrected chi connectivity index (χ3v) is 4.44. The average Bonchev–Trinajstić information content (AvgIpc) is 3.07. The van der Waals surface area contributed by atoms with Gasteiger partial charge in [-0.15, -0.1) is 11.3 Å². The van der Waals surface area contributed by atoms with Crippen LogP contribution >= 0.6 is 11.3 Å². The number of ether oxygens (including phenoxy) is 2. The minimum absolute atomic E-state index is 0.0174. The van der Waals surface area contributed by atoms with Gasteiger partial charge in [-0.2, -0.15) is 0 Å². The number of methoxy groups -OCH3 is 2. The number of hydrogen-bond donors (Lipinski definition) is 1. The SMILES string of the molecule is COc1ccc(/C=C/C(=O)NCc2nc(C(C)(C)C)cs2)c(OC)c1. The molecule has 0 saturated carbocycles. The predicted octanol–water partition coefficient (Wildman–Crippen LogP) is 3.79. The lowest BCUT2D eigenvalue weighted by Crippen LogP contribution is -2.20. The number of nitrogens with zero attached hydrogens (tertiary/aromatic N) is 1. The first-order valence-electron chi connectivity index (χ1n) is 7.96. The molecule has 0 aliphatic heterocycles. The van der Waals surface area contributed by atoms with Crippen molar-refractivity contribution in [1.82, 2.24) is 10.3 Å². The summed E-state index contributed by atoms with van der Waals surface area (Å²) in [4.78, 5) is 16.6. The fourth-order valence-electron chi connectivity index (χ4n) is 2.08. The Kier molecular flexibility index (Phi) is 6.20. The largest absolute Gasteiger partial charge is 0.497 e. The molecule has 1 aromatic carbocycles. The first kappa shape index (κ1) is 19.0. The van der Waals surface area contributed by atoms with E-state index in [1.165, 1.54) is 6.08 Å². The molecule has 0 fully saturated rings. The Labute approximate surface area is 152 Å². The smallest absolute Gasteiger partial charge is 0.244 e. The Morgan fingerprint density at radius 3 is 2.64 bits per heavy atom. The number of nitrogens with one attached hydrogen (secondary N) is 1. The molecular formula is C19H24N2O3S. The van der Waals surface area contributed by atoms with Gasteiger partial charge in [0.15, 0.2) is 0 Å². The van der Waals surface area contributed by atoms with Gasteiger partial charge in [0.05, 0.1) is 26.5 Å². The van der Waals surface area contributed by atoms with Gasteiger partial charge in [0.25, 0.3) is 0 Å². The number of amides is 1. The first-order valence-corrected chi connectivity index (χ1v) is 8.84. The summed E-state index contributed by atoms with van der Waals surface area (Å²) in [5.41, 5.74) is 1.87. The third-order valence-electron chi connectivity index (χ3n) is 3.59. The topological polar surface area (TPSA) is 60.5 Å². The number of thiazole rings is 1. The molecule has 0 aliphatic rings. The Morgan fingerprint density at radius 2 is 2.04 bits per heavy atom. The van der Waals surface area contributed by atoms with E-state index in [0.29, 0.717) is 18.0 Å². The molecule has 134 valence electrons. The van der Waals surface area contributed by atoms with E-state index < -0.39 is 0 Å². The lowest BCUT2D eigenvalue weighted by atomic mass is 9.93. The van der Waals surface area contributed by atoms with Gasteiger partial charge in [-0.3, -0.25) is 4.79 Å². The summed E-state index contributed by atoms with van der Waals surface area (Å²) in [6, 6.07) is 5.45. The van der Waals surface area contributed by atoms with Gasteiger partial charge in [0, 0.05) is 28.5 Å². The second-order valence-corrected chi connectivity index (χ2v) is 7.48. The maximum atomic E-state index is 12.0. The van der Waals surface area contributed by atoms with Crippen molar-refractivity contribution in [3.05, 3.63) is 45.9 Å². The quantitative estimate of drug-likeness (QED) is 0.796. The highest BCUT2D eigenvalue weighted by Gasteiger charge is 2.17. The van der Waals surface area contributed by atoms with Crippen LogP contribution in [0.1, 0.15) is 37.0 Å². The normalized spacial score (nSPS) is 11.6. The van der Waals surface area contributed by atoms with Gasteiger partial charge >= 0.3 is 0 Å². The number of hydrogen-bond acceptors (Lipinski definition) is 5. The molecule has 1 heterocycles. The van der Waals surface area contributed by atoms with Gasteiger partial charge in [0.2, 0.25) is 5.91 Å². The summed E-state index contributed by atoms with van der Waals surface area (Å²) in [6.07, 6.45) is 3.21. The third kappa shape index (κ3) is 5.32. The molecule has 0 radical (unpaired) electrons. The molecule has 5 nitrogen and oxygen atoms in total. The molecule has 1 amide bonds. The Bertz CT molecular complexity index is 760. The van der Waals surface area contributed by atoms with E-state index in [4.69, 9.17) is 9.47 Å². The van der Waals surface area contributed by atoms with E-state index >= 15 is 0 Å². The number of carbonyl (C=O) groups is 1. The van der Waals surface area contributed by atoms with Crippen molar-refractivity contribution in [3.63, 3.8) is 0 Å². The van der Waals surface area contributed by atoms with E-state index in [2.05, 4.69) is 31.1 Å². The van der Waals surface area contributed by atoms with E-state index in [9.17, 15) is 4.79 Å². The fourth-order valence-corrected chi connectivity index (χ4v) is 3.04. The zero-order chi connectivity index (χ0) is 18.4. The monoisotopic (exact) mass is 360 g/mol. The number of aromatic nitrogens is 1. The minimum Gasteiger partial charge on any atom is -0.497 e. The van der Waals surface area contributed by atoms with Crippen LogP contribution in [-0.2, 0) is 16.8 Å². The average molecular weight is 360 g/mol. The van der Waals surface area contributed by atoms with Crippen molar-refractivity contribution < 1.29 is 14.3 Å². The number of carbonyl (C=O) groups excluding carboxylic acids is 1. The second-order valence-electron chi connectivity index (χ2n) is 6.54. The Hall–Kier alpha value is -2.34. The van der Waals surface area contributed by atoms with Gasteiger partial charge < -0.3 is 14.8 Å². The fraction of sp³-hybridized carbons (Fsp3) is 0.368. The van der Waals surface area contributed by atoms with Crippen LogP contribution in [-0.4, -0.2) is 25.1 Å². The summed E-state index contributed by atoms with van der Waals surface area (Å²) < 4.78 is 10.5. The highest BCUT2D eigenvalue weighted by molar-refractivity contribution is 7.09. The molecule has 0 aliphatic carbocycles. The van der Waals surface area contributed by atoms with E-state index in [0.717, 1.165) is 16.3 Å². The zero-order valence-corrected chi connectivity index (χ0v) is 16.1. The van der Waals surface area contributed by atoms with Gasteiger partial charge in [-0.05, 0) is 18.2 Å². The van der Waals surface area contributed by atoms with Gasteiger partial charge in [0.1, 0.15) is 16.5 Å². The molecule has 1 N–H and O–H groups in total. The van der Waals surface area contributed by atoms with Crippen LogP contribution in [0.5, 0.6) is 11.5 Å². The lowest BCUT2D eigenvalue weighted by molar-refractivity contribution is -0.116.